The zero-order valence-electron chi connectivity index (χ0n) is 21.1. The fraction of sp³-hybridized carbons (Fsp3) is 0.214. The molecular formula is C28H26ClN4O5S+. The van der Waals surface area contributed by atoms with Gasteiger partial charge in [0.1, 0.15) is 6.04 Å². The molecule has 5 rings (SSSR count). The van der Waals surface area contributed by atoms with Crippen molar-refractivity contribution >= 4 is 44.3 Å². The first-order valence-corrected chi connectivity index (χ1v) is 14.1. The minimum Gasteiger partial charge on any atom is -0.464 e. The molecule has 39 heavy (non-hydrogen) atoms. The van der Waals surface area contributed by atoms with Gasteiger partial charge in [0, 0.05) is 54.8 Å². The monoisotopic (exact) mass is 565 g/mol. The fourth-order valence-electron chi connectivity index (χ4n) is 4.55. The van der Waals surface area contributed by atoms with Gasteiger partial charge in [-0.25, -0.2) is 13.2 Å². The van der Waals surface area contributed by atoms with E-state index in [0.717, 1.165) is 20.9 Å². The van der Waals surface area contributed by atoms with Gasteiger partial charge in [-0.2, -0.15) is 8.87 Å². The first kappa shape index (κ1) is 26.7. The standard InChI is InChI=1S/C28H26ClN4O5S/c1-2-38-28(35)26-18-32(39(36,37)25-6-4-21-15-23(29)5-3-22(21)16-25)19-27(34)33(26)17-20-9-13-31(14-10-20)24-7-11-30-12-8-24/h3-16,26H,2,17-19H2,1H3/q+1/t26-/m1/s1. The van der Waals surface area contributed by atoms with Crippen molar-refractivity contribution in [3.8, 4) is 5.69 Å². The van der Waals surface area contributed by atoms with Gasteiger partial charge in [0.05, 0.1) is 18.0 Å². The van der Waals surface area contributed by atoms with Crippen LogP contribution in [0.25, 0.3) is 16.5 Å². The lowest BCUT2D eigenvalue weighted by molar-refractivity contribution is -0.595. The van der Waals surface area contributed by atoms with Crippen LogP contribution in [0.4, 0.5) is 0 Å². The summed E-state index contributed by atoms with van der Waals surface area (Å²) < 4.78 is 35.3. The second kappa shape index (κ2) is 11.1. The van der Waals surface area contributed by atoms with E-state index in [1.807, 2.05) is 41.2 Å². The van der Waals surface area contributed by atoms with Gasteiger partial charge in [0.15, 0.2) is 12.4 Å². The third kappa shape index (κ3) is 5.63. The first-order chi connectivity index (χ1) is 18.8. The number of carbonyl (C=O) groups excluding carboxylic acids is 2. The van der Waals surface area contributed by atoms with E-state index in [-0.39, 0.29) is 31.1 Å². The van der Waals surface area contributed by atoms with Crippen molar-refractivity contribution in [1.29, 1.82) is 0 Å². The van der Waals surface area contributed by atoms with E-state index in [1.165, 1.54) is 11.0 Å². The van der Waals surface area contributed by atoms with E-state index in [1.54, 1.807) is 49.6 Å². The van der Waals surface area contributed by atoms with Crippen LogP contribution in [0.15, 0.2) is 90.3 Å². The number of rotatable bonds is 7. The zero-order chi connectivity index (χ0) is 27.6. The molecular weight excluding hydrogens is 540 g/mol. The minimum atomic E-state index is -4.07. The Kier molecular flexibility index (Phi) is 7.60. The Labute approximate surface area is 231 Å². The molecule has 3 heterocycles. The van der Waals surface area contributed by atoms with E-state index in [4.69, 9.17) is 16.3 Å². The maximum Gasteiger partial charge on any atom is 0.330 e. The molecule has 1 aliphatic heterocycles. The molecule has 1 aliphatic rings. The number of ether oxygens (including phenoxy) is 1. The number of piperazine rings is 1. The van der Waals surface area contributed by atoms with Crippen molar-refractivity contribution < 1.29 is 27.3 Å². The van der Waals surface area contributed by atoms with Crippen LogP contribution in [0.3, 0.4) is 0 Å². The van der Waals surface area contributed by atoms with E-state index >= 15 is 0 Å². The lowest BCUT2D eigenvalue weighted by Gasteiger charge is -2.39. The Hall–Kier alpha value is -3.86. The number of benzene rings is 2. The number of pyridine rings is 2. The van der Waals surface area contributed by atoms with Crippen molar-refractivity contribution in [3.63, 3.8) is 0 Å². The number of nitrogens with zero attached hydrogens (tertiary/aromatic N) is 4. The highest BCUT2D eigenvalue weighted by atomic mass is 35.5. The molecule has 0 bridgehead atoms. The molecule has 1 atom stereocenters. The smallest absolute Gasteiger partial charge is 0.330 e. The lowest BCUT2D eigenvalue weighted by atomic mass is 10.1. The van der Waals surface area contributed by atoms with Crippen LogP contribution in [-0.4, -0.2) is 60.2 Å². The SMILES string of the molecule is CCOC(=O)[C@H]1CN(S(=O)(=O)c2ccc3cc(Cl)ccc3c2)CC(=O)N1Cc1cc[n+](-c2ccncc2)cc1. The van der Waals surface area contributed by atoms with Gasteiger partial charge in [0.25, 0.3) is 0 Å². The summed E-state index contributed by atoms with van der Waals surface area (Å²) in [5.41, 5.74) is 1.71. The van der Waals surface area contributed by atoms with Gasteiger partial charge in [-0.3, -0.25) is 9.78 Å². The van der Waals surface area contributed by atoms with Crippen molar-refractivity contribution in [3.05, 3.63) is 96.0 Å². The molecule has 200 valence electrons. The number of halogens is 1. The predicted molar refractivity (Wildman–Crippen MR) is 144 cm³/mol. The molecule has 0 aliphatic carbocycles. The third-order valence-electron chi connectivity index (χ3n) is 6.57. The van der Waals surface area contributed by atoms with Gasteiger partial charge < -0.3 is 9.64 Å². The number of carbonyl (C=O) groups is 2. The predicted octanol–water partition coefficient (Wildman–Crippen LogP) is 3.13. The van der Waals surface area contributed by atoms with Crippen LogP contribution in [0.1, 0.15) is 12.5 Å². The molecule has 1 saturated heterocycles. The molecule has 0 spiro atoms. The lowest BCUT2D eigenvalue weighted by Crippen LogP contribution is -2.60. The third-order valence-corrected chi connectivity index (χ3v) is 8.61. The van der Waals surface area contributed by atoms with Crippen molar-refractivity contribution in [2.45, 2.75) is 24.4 Å². The Balaban J connectivity index is 1.40. The topological polar surface area (TPSA) is 101 Å². The number of aromatic nitrogens is 2. The minimum absolute atomic E-state index is 0.0323. The molecule has 9 nitrogen and oxygen atoms in total. The molecule has 11 heteroatoms. The summed E-state index contributed by atoms with van der Waals surface area (Å²) in [6, 6.07) is 16.2. The number of hydrogen-bond donors (Lipinski definition) is 0. The molecule has 0 saturated carbocycles. The van der Waals surface area contributed by atoms with Crippen LogP contribution in [-0.2, 0) is 30.9 Å². The van der Waals surface area contributed by atoms with E-state index in [9.17, 15) is 18.0 Å². The zero-order valence-corrected chi connectivity index (χ0v) is 22.7. The average molecular weight is 566 g/mol. The normalized spacial score (nSPS) is 16.4. The number of hydrogen-bond acceptors (Lipinski definition) is 6. The van der Waals surface area contributed by atoms with E-state index in [0.29, 0.717) is 10.4 Å². The van der Waals surface area contributed by atoms with Crippen LogP contribution in [0, 0.1) is 0 Å². The van der Waals surface area contributed by atoms with Crippen molar-refractivity contribution in [1.82, 2.24) is 14.2 Å². The molecule has 0 radical (unpaired) electrons. The van der Waals surface area contributed by atoms with Crippen molar-refractivity contribution in [2.75, 3.05) is 19.7 Å². The van der Waals surface area contributed by atoms with E-state index in [2.05, 4.69) is 4.98 Å². The summed E-state index contributed by atoms with van der Waals surface area (Å²) in [5.74, 6) is -1.14. The van der Waals surface area contributed by atoms with Gasteiger partial charge in [0.2, 0.25) is 21.6 Å². The number of amides is 1. The van der Waals surface area contributed by atoms with Crippen LogP contribution in [0.5, 0.6) is 0 Å². The average Bonchev–Trinajstić information content (AvgIpc) is 2.94. The van der Waals surface area contributed by atoms with Crippen LogP contribution >= 0.6 is 11.6 Å². The van der Waals surface area contributed by atoms with Gasteiger partial charge in [-0.05, 0) is 47.5 Å². The Morgan fingerprint density at radius 3 is 2.46 bits per heavy atom. The Morgan fingerprint density at radius 1 is 1.05 bits per heavy atom. The maximum absolute atomic E-state index is 13.6. The fourth-order valence-corrected chi connectivity index (χ4v) is 6.16. The molecule has 0 N–H and O–H groups in total. The summed E-state index contributed by atoms with van der Waals surface area (Å²) in [5, 5.41) is 2.03. The molecule has 2 aromatic heterocycles. The highest BCUT2D eigenvalue weighted by molar-refractivity contribution is 7.89. The summed E-state index contributed by atoms with van der Waals surface area (Å²) in [4.78, 5) is 31.7. The largest absolute Gasteiger partial charge is 0.464 e. The molecule has 1 fully saturated rings. The molecule has 2 aromatic carbocycles. The van der Waals surface area contributed by atoms with Crippen molar-refractivity contribution in [2.24, 2.45) is 0 Å². The Bertz CT molecular complexity index is 1630. The molecule has 1 amide bonds. The second-order valence-corrected chi connectivity index (χ2v) is 11.4. The van der Waals surface area contributed by atoms with Gasteiger partial charge >= 0.3 is 5.97 Å². The van der Waals surface area contributed by atoms with E-state index < -0.39 is 27.9 Å². The molecule has 0 unspecified atom stereocenters. The summed E-state index contributed by atoms with van der Waals surface area (Å²) in [7, 11) is -4.07. The van der Waals surface area contributed by atoms with Crippen LogP contribution in [0.2, 0.25) is 5.02 Å². The summed E-state index contributed by atoms with van der Waals surface area (Å²) in [6.45, 7) is 1.30. The first-order valence-electron chi connectivity index (χ1n) is 12.3. The Morgan fingerprint density at radius 2 is 1.74 bits per heavy atom. The summed E-state index contributed by atoms with van der Waals surface area (Å²) >= 11 is 6.05. The summed E-state index contributed by atoms with van der Waals surface area (Å²) in [6.07, 6.45) is 7.09. The molecule has 4 aromatic rings. The number of fused-ring (bicyclic) bond motifs is 1. The van der Waals surface area contributed by atoms with Crippen LogP contribution < -0.4 is 4.57 Å². The maximum atomic E-state index is 13.6. The van der Waals surface area contributed by atoms with Gasteiger partial charge in [-0.1, -0.05) is 23.7 Å². The number of sulfonamides is 1. The quantitative estimate of drug-likeness (QED) is 0.252. The number of esters is 1. The highest BCUT2D eigenvalue weighted by Gasteiger charge is 2.42. The second-order valence-electron chi connectivity index (χ2n) is 9.06. The highest BCUT2D eigenvalue weighted by Crippen LogP contribution is 2.27. The van der Waals surface area contributed by atoms with Gasteiger partial charge in [-0.15, -0.1) is 0 Å².